The largest absolute Gasteiger partial charge is 0.507 e. The SMILES string of the molecule is O=C(Nc1ccc(O)c(-c2nc3ccccc3s2)c1)C(O)c1cccc2c1OCC2. The molecule has 0 radical (unpaired) electrons. The predicted molar refractivity (Wildman–Crippen MR) is 116 cm³/mol. The average molecular weight is 418 g/mol. The summed E-state index contributed by atoms with van der Waals surface area (Å²) in [6, 6.07) is 17.9. The number of hydrogen-bond donors (Lipinski definition) is 3. The summed E-state index contributed by atoms with van der Waals surface area (Å²) in [6.07, 6.45) is -0.598. The van der Waals surface area contributed by atoms with E-state index in [2.05, 4.69) is 10.3 Å². The van der Waals surface area contributed by atoms with E-state index in [0.717, 1.165) is 22.2 Å². The van der Waals surface area contributed by atoms with Crippen molar-refractivity contribution in [3.05, 3.63) is 71.8 Å². The van der Waals surface area contributed by atoms with Crippen LogP contribution in [0.5, 0.6) is 11.5 Å². The molecule has 0 saturated heterocycles. The number of nitrogens with one attached hydrogen (secondary N) is 1. The van der Waals surface area contributed by atoms with E-state index in [1.807, 2.05) is 36.4 Å². The first-order valence-corrected chi connectivity index (χ1v) is 10.3. The van der Waals surface area contributed by atoms with Crippen LogP contribution in [0.2, 0.25) is 0 Å². The predicted octanol–water partition coefficient (Wildman–Crippen LogP) is 4.28. The zero-order chi connectivity index (χ0) is 20.7. The highest BCUT2D eigenvalue weighted by molar-refractivity contribution is 7.21. The Morgan fingerprint density at radius 3 is 2.87 bits per heavy atom. The van der Waals surface area contributed by atoms with Crippen molar-refractivity contribution in [3.8, 4) is 22.1 Å². The molecule has 0 bridgehead atoms. The third kappa shape index (κ3) is 3.28. The summed E-state index contributed by atoms with van der Waals surface area (Å²) >= 11 is 1.46. The molecule has 7 heteroatoms. The Balaban J connectivity index is 1.42. The maximum absolute atomic E-state index is 12.7. The van der Waals surface area contributed by atoms with E-state index in [-0.39, 0.29) is 5.75 Å². The van der Waals surface area contributed by atoms with E-state index in [9.17, 15) is 15.0 Å². The lowest BCUT2D eigenvalue weighted by atomic mass is 10.0. The molecule has 0 saturated carbocycles. The number of aromatic hydroxyl groups is 1. The van der Waals surface area contributed by atoms with Gasteiger partial charge >= 0.3 is 0 Å². The van der Waals surface area contributed by atoms with Crippen LogP contribution in [0.4, 0.5) is 5.69 Å². The first kappa shape index (κ1) is 18.6. The summed E-state index contributed by atoms with van der Waals surface area (Å²) in [6.45, 7) is 0.546. The Hall–Kier alpha value is -3.42. The lowest BCUT2D eigenvalue weighted by Gasteiger charge is -2.15. The van der Waals surface area contributed by atoms with Gasteiger partial charge in [-0.25, -0.2) is 4.98 Å². The number of phenols is 1. The smallest absolute Gasteiger partial charge is 0.257 e. The first-order valence-electron chi connectivity index (χ1n) is 9.52. The van der Waals surface area contributed by atoms with Gasteiger partial charge in [0.15, 0.2) is 6.10 Å². The number of aliphatic hydroxyl groups is 1. The number of ether oxygens (including phenoxy) is 1. The molecule has 0 fully saturated rings. The van der Waals surface area contributed by atoms with Crippen LogP contribution in [0, 0.1) is 0 Å². The van der Waals surface area contributed by atoms with Crippen LogP contribution in [0.3, 0.4) is 0 Å². The van der Waals surface area contributed by atoms with E-state index >= 15 is 0 Å². The molecule has 3 N–H and O–H groups in total. The Morgan fingerprint density at radius 1 is 1.13 bits per heavy atom. The van der Waals surface area contributed by atoms with E-state index in [1.54, 1.807) is 18.2 Å². The number of aliphatic hydroxyl groups excluding tert-OH is 1. The van der Waals surface area contributed by atoms with Gasteiger partial charge in [-0.2, -0.15) is 0 Å². The van der Waals surface area contributed by atoms with Crippen molar-refractivity contribution in [3.63, 3.8) is 0 Å². The third-order valence-corrected chi connectivity index (χ3v) is 6.15. The fourth-order valence-electron chi connectivity index (χ4n) is 3.58. The minimum atomic E-state index is -1.36. The Kier molecular flexibility index (Phi) is 4.61. The van der Waals surface area contributed by atoms with Crippen molar-refractivity contribution in [2.75, 3.05) is 11.9 Å². The fourth-order valence-corrected chi connectivity index (χ4v) is 4.57. The quantitative estimate of drug-likeness (QED) is 0.431. The molecule has 6 nitrogen and oxygen atoms in total. The first-order chi connectivity index (χ1) is 14.6. The molecular weight excluding hydrogens is 400 g/mol. The number of benzene rings is 3. The fraction of sp³-hybridized carbons (Fsp3) is 0.130. The highest BCUT2D eigenvalue weighted by Crippen LogP contribution is 2.37. The minimum absolute atomic E-state index is 0.0712. The van der Waals surface area contributed by atoms with Crippen molar-refractivity contribution in [1.82, 2.24) is 4.98 Å². The Labute approximate surface area is 176 Å². The molecule has 150 valence electrons. The van der Waals surface area contributed by atoms with Gasteiger partial charge in [-0.3, -0.25) is 4.79 Å². The minimum Gasteiger partial charge on any atom is -0.507 e. The number of amides is 1. The molecule has 0 spiro atoms. The van der Waals surface area contributed by atoms with E-state index in [1.165, 1.54) is 17.4 Å². The molecule has 1 atom stereocenters. The number of rotatable bonds is 4. The number of carbonyl (C=O) groups excluding carboxylic acids is 1. The number of anilines is 1. The van der Waals surface area contributed by atoms with Gasteiger partial charge in [0.25, 0.3) is 5.91 Å². The number of para-hydroxylation sites is 2. The number of aromatic nitrogens is 1. The molecule has 4 aromatic rings. The standard InChI is InChI=1S/C23H18N2O4S/c26-18-9-8-14(12-16(18)23-25-17-6-1-2-7-19(17)30-23)24-22(28)20(27)15-5-3-4-13-10-11-29-21(13)15/h1-9,12,20,26-27H,10-11H2,(H,24,28). The van der Waals surface area contributed by atoms with Crippen LogP contribution in [0.25, 0.3) is 20.8 Å². The molecular formula is C23H18N2O4S. The van der Waals surface area contributed by atoms with E-state index in [0.29, 0.717) is 34.2 Å². The second-order valence-electron chi connectivity index (χ2n) is 7.04. The zero-order valence-electron chi connectivity index (χ0n) is 15.8. The van der Waals surface area contributed by atoms with Crippen LogP contribution in [0.1, 0.15) is 17.2 Å². The van der Waals surface area contributed by atoms with Crippen LogP contribution < -0.4 is 10.1 Å². The van der Waals surface area contributed by atoms with Gasteiger partial charge in [-0.15, -0.1) is 11.3 Å². The van der Waals surface area contributed by atoms with Crippen LogP contribution in [-0.2, 0) is 11.2 Å². The van der Waals surface area contributed by atoms with Gasteiger partial charge in [0.1, 0.15) is 16.5 Å². The molecule has 1 unspecified atom stereocenters. The van der Waals surface area contributed by atoms with Crippen LogP contribution >= 0.6 is 11.3 Å². The molecule has 5 rings (SSSR count). The maximum atomic E-state index is 12.7. The highest BCUT2D eigenvalue weighted by atomic mass is 32.1. The van der Waals surface area contributed by atoms with Gasteiger partial charge in [0, 0.05) is 17.7 Å². The molecule has 3 aromatic carbocycles. The average Bonchev–Trinajstić information content (AvgIpc) is 3.41. The maximum Gasteiger partial charge on any atom is 0.257 e. The molecule has 1 aromatic heterocycles. The third-order valence-electron chi connectivity index (χ3n) is 5.08. The summed E-state index contributed by atoms with van der Waals surface area (Å²) in [5.74, 6) is 0.0859. The molecule has 2 heterocycles. The lowest BCUT2D eigenvalue weighted by molar-refractivity contribution is -0.124. The number of carbonyl (C=O) groups is 1. The van der Waals surface area contributed by atoms with E-state index in [4.69, 9.17) is 4.74 Å². The van der Waals surface area contributed by atoms with Crippen LogP contribution in [0.15, 0.2) is 60.7 Å². The summed E-state index contributed by atoms with van der Waals surface area (Å²) in [5.41, 5.74) is 3.27. The van der Waals surface area contributed by atoms with Crippen molar-refractivity contribution in [2.45, 2.75) is 12.5 Å². The van der Waals surface area contributed by atoms with Crippen molar-refractivity contribution in [1.29, 1.82) is 0 Å². The monoisotopic (exact) mass is 418 g/mol. The molecule has 30 heavy (non-hydrogen) atoms. The summed E-state index contributed by atoms with van der Waals surface area (Å²) in [5, 5.41) is 24.3. The number of hydrogen-bond acceptors (Lipinski definition) is 6. The van der Waals surface area contributed by atoms with Gasteiger partial charge in [-0.05, 0) is 35.9 Å². The van der Waals surface area contributed by atoms with E-state index < -0.39 is 12.0 Å². The summed E-state index contributed by atoms with van der Waals surface area (Å²) < 4.78 is 6.60. The molecule has 1 aliphatic rings. The molecule has 0 aliphatic carbocycles. The number of phenolic OH excluding ortho intramolecular Hbond substituents is 1. The normalized spacial score (nSPS) is 13.6. The van der Waals surface area contributed by atoms with Crippen LogP contribution in [-0.4, -0.2) is 27.7 Å². The molecule has 1 amide bonds. The number of nitrogens with zero attached hydrogens (tertiary/aromatic N) is 1. The number of fused-ring (bicyclic) bond motifs is 2. The van der Waals surface area contributed by atoms with Gasteiger partial charge in [0.05, 0.1) is 22.4 Å². The Morgan fingerprint density at radius 2 is 2.00 bits per heavy atom. The Bertz CT molecular complexity index is 1230. The van der Waals surface area contributed by atoms with Gasteiger partial charge in [-0.1, -0.05) is 30.3 Å². The van der Waals surface area contributed by atoms with Gasteiger partial charge < -0.3 is 20.3 Å². The topological polar surface area (TPSA) is 91.7 Å². The zero-order valence-corrected chi connectivity index (χ0v) is 16.6. The second-order valence-corrected chi connectivity index (χ2v) is 8.08. The lowest BCUT2D eigenvalue weighted by Crippen LogP contribution is -2.21. The van der Waals surface area contributed by atoms with Gasteiger partial charge in [0.2, 0.25) is 0 Å². The number of thiazole rings is 1. The van der Waals surface area contributed by atoms with Crippen molar-refractivity contribution < 1.29 is 19.7 Å². The molecule has 1 aliphatic heterocycles. The summed E-state index contributed by atoms with van der Waals surface area (Å²) in [7, 11) is 0. The van der Waals surface area contributed by atoms with Crippen molar-refractivity contribution >= 4 is 33.1 Å². The summed E-state index contributed by atoms with van der Waals surface area (Å²) in [4.78, 5) is 17.3. The second kappa shape index (κ2) is 7.44. The van der Waals surface area contributed by atoms with Crippen molar-refractivity contribution in [2.24, 2.45) is 0 Å². The highest BCUT2D eigenvalue weighted by Gasteiger charge is 2.26.